The van der Waals surface area contributed by atoms with Gasteiger partial charge in [0.1, 0.15) is 23.9 Å². The van der Waals surface area contributed by atoms with Crippen molar-refractivity contribution >= 4 is 23.6 Å². The minimum atomic E-state index is -3.31. The number of alkyl halides is 2. The van der Waals surface area contributed by atoms with Crippen molar-refractivity contribution < 1.29 is 32.6 Å². The lowest BCUT2D eigenvalue weighted by Gasteiger charge is -2.38. The van der Waals surface area contributed by atoms with Crippen LogP contribution in [0, 0.1) is 11.8 Å². The second kappa shape index (κ2) is 11.1. The monoisotopic (exact) mass is 557 g/mol. The summed E-state index contributed by atoms with van der Waals surface area (Å²) in [5, 5.41) is 2.82. The van der Waals surface area contributed by atoms with Crippen molar-refractivity contribution in [1.29, 1.82) is 0 Å². The van der Waals surface area contributed by atoms with Gasteiger partial charge < -0.3 is 25.4 Å². The number of anilines is 1. The van der Waals surface area contributed by atoms with Gasteiger partial charge in [0.15, 0.2) is 12.7 Å². The smallest absolute Gasteiger partial charge is 0.323 e. The Balaban J connectivity index is 1.28. The molecule has 12 heteroatoms. The van der Waals surface area contributed by atoms with Gasteiger partial charge in [-0.1, -0.05) is 6.92 Å². The van der Waals surface area contributed by atoms with E-state index < -0.39 is 43.1 Å². The topological polar surface area (TPSA) is 137 Å². The van der Waals surface area contributed by atoms with E-state index in [-0.39, 0.29) is 30.7 Å². The number of rotatable bonds is 9. The maximum absolute atomic E-state index is 15.2. The van der Waals surface area contributed by atoms with Crippen LogP contribution in [0.1, 0.15) is 51.0 Å². The Hall–Kier alpha value is -3.67. The Kier molecular flexibility index (Phi) is 7.72. The van der Waals surface area contributed by atoms with Crippen LogP contribution in [-0.4, -0.2) is 70.4 Å². The van der Waals surface area contributed by atoms with Gasteiger partial charge >= 0.3 is 11.9 Å². The molecule has 2 heterocycles. The summed E-state index contributed by atoms with van der Waals surface area (Å²) in [6.45, 7) is 2.07. The first-order chi connectivity index (χ1) is 19.0. The molecule has 3 fully saturated rings. The Morgan fingerprint density at radius 1 is 1.20 bits per heavy atom. The van der Waals surface area contributed by atoms with Crippen molar-refractivity contribution in [2.45, 2.75) is 63.5 Å². The fraction of sp³-hybridized carbons (Fsp3) is 0.536. The van der Waals surface area contributed by atoms with Crippen molar-refractivity contribution in [2.24, 2.45) is 17.6 Å². The Labute approximate surface area is 230 Å². The van der Waals surface area contributed by atoms with Gasteiger partial charge in [0.2, 0.25) is 5.91 Å². The Bertz CT molecular complexity index is 1300. The number of ether oxygens (including phenoxy) is 2. The average Bonchev–Trinajstić information content (AvgIpc) is 3.85. The van der Waals surface area contributed by atoms with Crippen LogP contribution in [0.4, 0.5) is 14.6 Å². The fourth-order valence-electron chi connectivity index (χ4n) is 4.80. The standard InChI is InChI=1S/C28H33F2N5O5/c1-15-9-19(15)20-10-18(21-11-24(33-14-32-21)34-26(37)17-3-4-17)5-6-22(20)40-23-7-8-35(13-28(23,29)30)25(36)12-39-27(38)16(2)31/h5-6,10-11,14-17,19,23H,3-4,7-9,12-13,31H2,1-2H3,(H,32,33,34,37)/t15?,16-,19?,23-/m0/s1. The van der Waals surface area contributed by atoms with Gasteiger partial charge in [-0.25, -0.2) is 18.7 Å². The summed E-state index contributed by atoms with van der Waals surface area (Å²) in [6, 6.07) is 6.13. The van der Waals surface area contributed by atoms with Crippen LogP contribution >= 0.6 is 0 Å². The molecule has 2 saturated carbocycles. The van der Waals surface area contributed by atoms with Gasteiger partial charge in [0.25, 0.3) is 5.91 Å². The minimum absolute atomic E-state index is 0.0400. The summed E-state index contributed by atoms with van der Waals surface area (Å²) in [5.41, 5.74) is 7.59. The first kappa shape index (κ1) is 27.9. The molecule has 10 nitrogen and oxygen atoms in total. The van der Waals surface area contributed by atoms with Gasteiger partial charge in [-0.3, -0.25) is 14.4 Å². The summed E-state index contributed by atoms with van der Waals surface area (Å²) in [4.78, 5) is 45.5. The van der Waals surface area contributed by atoms with Crippen molar-refractivity contribution in [3.8, 4) is 17.0 Å². The SMILES string of the molecule is CC1CC1c1cc(-c2cc(NC(=O)C3CC3)ncn2)ccc1O[C@H]1CCN(C(=O)COC(=O)[C@H](C)N)CC1(F)F. The molecule has 1 aromatic carbocycles. The maximum atomic E-state index is 15.2. The maximum Gasteiger partial charge on any atom is 0.323 e. The van der Waals surface area contributed by atoms with E-state index in [4.69, 9.17) is 15.2 Å². The molecule has 3 aliphatic rings. The summed E-state index contributed by atoms with van der Waals surface area (Å²) in [7, 11) is 0. The highest BCUT2D eigenvalue weighted by molar-refractivity contribution is 5.93. The molecule has 2 aliphatic carbocycles. The molecule has 2 aromatic rings. The third-order valence-corrected chi connectivity index (χ3v) is 7.55. The number of hydrogen-bond acceptors (Lipinski definition) is 8. The number of nitrogens with zero attached hydrogens (tertiary/aromatic N) is 3. The highest BCUT2D eigenvalue weighted by Crippen LogP contribution is 2.51. The van der Waals surface area contributed by atoms with Gasteiger partial charge in [0, 0.05) is 30.5 Å². The number of likely N-dealkylation sites (tertiary alicyclic amines) is 1. The molecule has 1 saturated heterocycles. The van der Waals surface area contributed by atoms with Crippen LogP contribution in [0.15, 0.2) is 30.6 Å². The molecular weight excluding hydrogens is 524 g/mol. The quantitative estimate of drug-likeness (QED) is 0.449. The van der Waals surface area contributed by atoms with E-state index in [0.717, 1.165) is 35.3 Å². The van der Waals surface area contributed by atoms with Crippen molar-refractivity contribution in [1.82, 2.24) is 14.9 Å². The zero-order chi connectivity index (χ0) is 28.6. The number of halogens is 2. The molecule has 2 unspecified atom stereocenters. The lowest BCUT2D eigenvalue weighted by Crippen LogP contribution is -2.56. The summed E-state index contributed by atoms with van der Waals surface area (Å²) < 4.78 is 41.1. The predicted octanol–water partition coefficient (Wildman–Crippen LogP) is 3.12. The molecule has 0 bridgehead atoms. The zero-order valence-corrected chi connectivity index (χ0v) is 22.4. The van der Waals surface area contributed by atoms with Crippen molar-refractivity contribution in [3.63, 3.8) is 0 Å². The largest absolute Gasteiger partial charge is 0.484 e. The highest BCUT2D eigenvalue weighted by Gasteiger charge is 2.48. The highest BCUT2D eigenvalue weighted by atomic mass is 19.3. The molecule has 40 heavy (non-hydrogen) atoms. The summed E-state index contributed by atoms with van der Waals surface area (Å²) >= 11 is 0. The second-order valence-electron chi connectivity index (χ2n) is 11.0. The Morgan fingerprint density at radius 2 is 1.95 bits per heavy atom. The molecule has 2 amide bonds. The number of carbonyl (C=O) groups excluding carboxylic acids is 3. The van der Waals surface area contributed by atoms with E-state index in [9.17, 15) is 14.4 Å². The second-order valence-corrected chi connectivity index (χ2v) is 11.0. The lowest BCUT2D eigenvalue weighted by molar-refractivity contribution is -0.167. The molecule has 4 atom stereocenters. The third-order valence-electron chi connectivity index (χ3n) is 7.55. The third kappa shape index (κ3) is 6.38. The fourth-order valence-corrected chi connectivity index (χ4v) is 4.80. The zero-order valence-electron chi connectivity index (χ0n) is 22.4. The molecular formula is C28H33F2N5O5. The molecule has 0 radical (unpaired) electrons. The Morgan fingerprint density at radius 3 is 2.60 bits per heavy atom. The average molecular weight is 558 g/mol. The number of benzene rings is 1. The number of piperidine rings is 1. The lowest BCUT2D eigenvalue weighted by atomic mass is 10.0. The van der Waals surface area contributed by atoms with E-state index >= 15 is 8.78 Å². The molecule has 3 N–H and O–H groups in total. The molecule has 214 valence electrons. The van der Waals surface area contributed by atoms with Gasteiger partial charge in [0.05, 0.1) is 12.2 Å². The first-order valence-corrected chi connectivity index (χ1v) is 13.5. The van der Waals surface area contributed by atoms with Crippen LogP contribution in [-0.2, 0) is 19.1 Å². The van der Waals surface area contributed by atoms with Crippen LogP contribution in [0.3, 0.4) is 0 Å². The van der Waals surface area contributed by atoms with E-state index in [1.54, 1.807) is 18.2 Å². The number of hydrogen-bond donors (Lipinski definition) is 2. The van der Waals surface area contributed by atoms with Crippen LogP contribution in [0.25, 0.3) is 11.3 Å². The number of nitrogens with two attached hydrogens (primary N) is 1. The van der Waals surface area contributed by atoms with Gasteiger partial charge in [-0.05, 0) is 61.8 Å². The number of amides is 2. The minimum Gasteiger partial charge on any atom is -0.484 e. The summed E-state index contributed by atoms with van der Waals surface area (Å²) in [6.07, 6.45) is 2.55. The normalized spacial score (nSPS) is 24.1. The molecule has 0 spiro atoms. The van der Waals surface area contributed by atoms with Gasteiger partial charge in [-0.2, -0.15) is 0 Å². The molecule has 5 rings (SSSR count). The van der Waals surface area contributed by atoms with Gasteiger partial charge in [-0.15, -0.1) is 0 Å². The van der Waals surface area contributed by atoms with E-state index in [1.807, 2.05) is 6.07 Å². The molecule has 1 aliphatic heterocycles. The van der Waals surface area contributed by atoms with E-state index in [1.165, 1.54) is 13.3 Å². The van der Waals surface area contributed by atoms with Crippen LogP contribution < -0.4 is 15.8 Å². The predicted molar refractivity (Wildman–Crippen MR) is 141 cm³/mol. The van der Waals surface area contributed by atoms with E-state index in [0.29, 0.717) is 23.2 Å². The van der Waals surface area contributed by atoms with Crippen LogP contribution in [0.2, 0.25) is 0 Å². The number of nitrogens with one attached hydrogen (secondary N) is 1. The van der Waals surface area contributed by atoms with E-state index in [2.05, 4.69) is 22.2 Å². The van der Waals surface area contributed by atoms with Crippen molar-refractivity contribution in [2.75, 3.05) is 25.0 Å². The van der Waals surface area contributed by atoms with Crippen LogP contribution in [0.5, 0.6) is 5.75 Å². The number of carbonyl (C=O) groups is 3. The summed E-state index contributed by atoms with van der Waals surface area (Å²) in [5.74, 6) is -3.46. The molecule has 1 aromatic heterocycles. The number of esters is 1. The van der Waals surface area contributed by atoms with Crippen molar-refractivity contribution in [3.05, 3.63) is 36.2 Å². The number of aromatic nitrogens is 2. The first-order valence-electron chi connectivity index (χ1n) is 13.5.